The van der Waals surface area contributed by atoms with Crippen LogP contribution in [-0.4, -0.2) is 21.5 Å². The molecule has 0 bridgehead atoms. The zero-order chi connectivity index (χ0) is 22.9. The van der Waals surface area contributed by atoms with Gasteiger partial charge in [0.25, 0.3) is 5.91 Å². The molecule has 1 N–H and O–H groups in total. The second-order valence-corrected chi connectivity index (χ2v) is 8.68. The van der Waals surface area contributed by atoms with E-state index in [1.807, 2.05) is 0 Å². The van der Waals surface area contributed by atoms with Gasteiger partial charge in [-0.1, -0.05) is 45.5 Å². The molecule has 0 radical (unpaired) electrons. The van der Waals surface area contributed by atoms with Gasteiger partial charge < -0.3 is 0 Å². The maximum absolute atomic E-state index is 13.9. The first kappa shape index (κ1) is 23.0. The molecule has 2 aromatic carbocycles. The summed E-state index contributed by atoms with van der Waals surface area (Å²) in [6.07, 6.45) is -4.60. The molecule has 11 heteroatoms. The van der Waals surface area contributed by atoms with Crippen LogP contribution in [0.2, 0.25) is 0 Å². The van der Waals surface area contributed by atoms with Crippen LogP contribution in [0.5, 0.6) is 0 Å². The van der Waals surface area contributed by atoms with Crippen LogP contribution in [-0.2, 0) is 6.18 Å². The number of thiazole rings is 1. The van der Waals surface area contributed by atoms with Gasteiger partial charge in [0.1, 0.15) is 22.9 Å². The molecule has 162 valence electrons. The molecule has 0 aliphatic heterocycles. The van der Waals surface area contributed by atoms with Crippen molar-refractivity contribution in [2.75, 3.05) is 5.32 Å². The molecular weight excluding hydrogens is 507 g/mol. The second-order valence-electron chi connectivity index (χ2n) is 6.31. The van der Waals surface area contributed by atoms with E-state index < -0.39 is 45.5 Å². The van der Waals surface area contributed by atoms with Crippen molar-refractivity contribution in [3.8, 4) is 10.4 Å². The highest BCUT2D eigenvalue weighted by Crippen LogP contribution is 2.38. The number of anilines is 1. The summed E-state index contributed by atoms with van der Waals surface area (Å²) in [6, 6.07) is 7.15. The van der Waals surface area contributed by atoms with E-state index in [-0.39, 0.29) is 21.3 Å². The Morgan fingerprint density at radius 3 is 2.29 bits per heavy atom. The topological polar surface area (TPSA) is 59.1 Å². The number of carbonyl (C=O) groups is 2. The number of hydrogen-bond donors (Lipinski definition) is 1. The Balaban J connectivity index is 2.05. The number of rotatable bonds is 5. The van der Waals surface area contributed by atoms with Gasteiger partial charge in [-0.25, -0.2) is 13.8 Å². The van der Waals surface area contributed by atoms with Crippen LogP contribution in [0.3, 0.4) is 0 Å². The zero-order valence-electron chi connectivity index (χ0n) is 15.6. The molecule has 0 spiro atoms. The number of alkyl halides is 4. The van der Waals surface area contributed by atoms with Crippen molar-refractivity contribution < 1.29 is 31.5 Å². The van der Waals surface area contributed by atoms with Crippen molar-refractivity contribution >= 4 is 44.1 Å². The lowest BCUT2D eigenvalue weighted by molar-refractivity contribution is -0.137. The fourth-order valence-corrected chi connectivity index (χ4v) is 3.81. The largest absolute Gasteiger partial charge is 0.416 e. The van der Waals surface area contributed by atoms with E-state index in [1.54, 1.807) is 0 Å². The molecule has 0 aliphatic carbocycles. The third kappa shape index (κ3) is 4.99. The van der Waals surface area contributed by atoms with E-state index in [0.29, 0.717) is 11.3 Å². The number of aromatic nitrogens is 1. The number of Topliss-reactive ketones (excluding diaryl/α,β-unsaturated/α-hetero) is 1. The summed E-state index contributed by atoms with van der Waals surface area (Å²) in [4.78, 5) is 28.2. The summed E-state index contributed by atoms with van der Waals surface area (Å²) in [7, 11) is 0. The van der Waals surface area contributed by atoms with Gasteiger partial charge in [-0.3, -0.25) is 14.9 Å². The molecule has 3 aromatic rings. The monoisotopic (exact) mass is 518 g/mol. The molecule has 1 unspecified atom stereocenters. The van der Waals surface area contributed by atoms with Crippen molar-refractivity contribution in [1.29, 1.82) is 0 Å². The number of benzene rings is 2. The van der Waals surface area contributed by atoms with Gasteiger partial charge in [0.15, 0.2) is 10.9 Å². The summed E-state index contributed by atoms with van der Waals surface area (Å²) in [5, 5.41) is 2.01. The number of ketones is 1. The molecule has 3 rings (SSSR count). The number of halogens is 6. The average molecular weight is 519 g/mol. The quantitative estimate of drug-likeness (QED) is 0.244. The summed E-state index contributed by atoms with van der Waals surface area (Å²) >= 11 is 3.81. The Morgan fingerprint density at radius 2 is 1.71 bits per heavy atom. The summed E-state index contributed by atoms with van der Waals surface area (Å²) in [6.45, 7) is 1.50. The Morgan fingerprint density at radius 1 is 1.10 bits per heavy atom. The third-order valence-electron chi connectivity index (χ3n) is 4.08. The van der Waals surface area contributed by atoms with E-state index in [2.05, 4.69) is 26.2 Å². The average Bonchev–Trinajstić information content (AvgIpc) is 3.10. The molecule has 0 fully saturated rings. The van der Waals surface area contributed by atoms with Crippen LogP contribution >= 0.6 is 27.3 Å². The Labute approximate surface area is 185 Å². The van der Waals surface area contributed by atoms with E-state index in [9.17, 15) is 31.5 Å². The molecule has 4 nitrogen and oxygen atoms in total. The highest BCUT2D eigenvalue weighted by Gasteiger charge is 2.31. The van der Waals surface area contributed by atoms with Gasteiger partial charge >= 0.3 is 6.18 Å². The Kier molecular flexibility index (Phi) is 6.56. The second kappa shape index (κ2) is 8.83. The Hall–Kier alpha value is -2.66. The lowest BCUT2D eigenvalue weighted by Crippen LogP contribution is -2.16. The van der Waals surface area contributed by atoms with Crippen molar-refractivity contribution in [2.24, 2.45) is 0 Å². The number of hydrogen-bond acceptors (Lipinski definition) is 4. The predicted molar refractivity (Wildman–Crippen MR) is 110 cm³/mol. The van der Waals surface area contributed by atoms with Crippen LogP contribution in [0.4, 0.5) is 27.1 Å². The fraction of sp³-hybridized carbons (Fsp3) is 0.150. The molecule has 0 saturated heterocycles. The lowest BCUT2D eigenvalue weighted by Gasteiger charge is -2.08. The first-order chi connectivity index (χ1) is 14.5. The molecule has 0 aliphatic rings. The summed E-state index contributed by atoms with van der Waals surface area (Å²) < 4.78 is 67.0. The zero-order valence-corrected chi connectivity index (χ0v) is 18.0. The number of amides is 1. The molecular formula is C20H12BrF5N2O2S. The number of carbonyl (C=O) groups excluding carboxylic acids is 2. The maximum atomic E-state index is 13.9. The minimum Gasteiger partial charge on any atom is -0.298 e. The first-order valence-corrected chi connectivity index (χ1v) is 10.3. The maximum Gasteiger partial charge on any atom is 0.416 e. The van der Waals surface area contributed by atoms with Gasteiger partial charge in [-0.05, 0) is 36.8 Å². The van der Waals surface area contributed by atoms with Crippen molar-refractivity contribution in [1.82, 2.24) is 4.98 Å². The molecule has 1 heterocycles. The normalized spacial score (nSPS) is 12.5. The number of nitrogens with one attached hydrogen (secondary N) is 1. The van der Waals surface area contributed by atoms with E-state index in [0.717, 1.165) is 30.3 Å². The van der Waals surface area contributed by atoms with Crippen LogP contribution in [0, 0.1) is 11.6 Å². The van der Waals surface area contributed by atoms with Gasteiger partial charge in [-0.15, -0.1) is 0 Å². The minimum atomic E-state index is -4.60. The first-order valence-electron chi connectivity index (χ1n) is 8.61. The van der Waals surface area contributed by atoms with E-state index >= 15 is 0 Å². The van der Waals surface area contributed by atoms with Crippen molar-refractivity contribution in [2.45, 2.75) is 17.9 Å². The molecule has 31 heavy (non-hydrogen) atoms. The summed E-state index contributed by atoms with van der Waals surface area (Å²) in [5.41, 5.74) is -1.90. The van der Waals surface area contributed by atoms with Gasteiger partial charge in [0, 0.05) is 0 Å². The SMILES string of the molecule is CC(Br)C(=O)c1nc(NC(=O)c2c(F)cccc2F)sc1-c1cccc(C(F)(F)F)c1. The molecule has 1 atom stereocenters. The van der Waals surface area contributed by atoms with Crippen LogP contribution in [0.15, 0.2) is 42.5 Å². The fourth-order valence-electron chi connectivity index (χ4n) is 2.64. The molecule has 1 aromatic heterocycles. The highest BCUT2D eigenvalue weighted by atomic mass is 79.9. The lowest BCUT2D eigenvalue weighted by atomic mass is 10.1. The van der Waals surface area contributed by atoms with Crippen LogP contribution < -0.4 is 5.32 Å². The van der Waals surface area contributed by atoms with Gasteiger partial charge in [0.2, 0.25) is 0 Å². The smallest absolute Gasteiger partial charge is 0.298 e. The number of nitrogens with zero attached hydrogens (tertiary/aromatic N) is 1. The molecule has 1 amide bonds. The summed E-state index contributed by atoms with van der Waals surface area (Å²) in [5.74, 6) is -3.89. The third-order valence-corrected chi connectivity index (χ3v) is 5.52. The predicted octanol–water partition coefficient (Wildman–Crippen LogP) is 6.33. The van der Waals surface area contributed by atoms with Crippen molar-refractivity contribution in [3.05, 3.63) is 70.9 Å². The van der Waals surface area contributed by atoms with E-state index in [1.165, 1.54) is 19.1 Å². The van der Waals surface area contributed by atoms with Gasteiger partial charge in [-0.2, -0.15) is 13.2 Å². The van der Waals surface area contributed by atoms with Gasteiger partial charge in [0.05, 0.1) is 15.3 Å². The van der Waals surface area contributed by atoms with Crippen molar-refractivity contribution in [3.63, 3.8) is 0 Å². The Bertz CT molecular complexity index is 1140. The van der Waals surface area contributed by atoms with Crippen LogP contribution in [0.25, 0.3) is 10.4 Å². The highest BCUT2D eigenvalue weighted by molar-refractivity contribution is 9.10. The van der Waals surface area contributed by atoms with Crippen LogP contribution in [0.1, 0.15) is 33.3 Å². The molecule has 0 saturated carbocycles. The van der Waals surface area contributed by atoms with E-state index in [4.69, 9.17) is 0 Å². The minimum absolute atomic E-state index is 0.0568. The standard InChI is InChI=1S/C20H12BrF5N2O2S/c1-9(21)16(29)15-17(10-4-2-5-11(8-10)20(24,25)26)31-19(27-15)28-18(30)14-12(22)6-3-7-13(14)23/h2-9H,1H3,(H,27,28,30).